The Labute approximate surface area is 179 Å². The molecule has 0 bridgehead atoms. The van der Waals surface area contributed by atoms with E-state index in [1.807, 2.05) is 60.7 Å². The fourth-order valence-electron chi connectivity index (χ4n) is 3.95. The van der Waals surface area contributed by atoms with Gasteiger partial charge in [-0.05, 0) is 24.0 Å². The van der Waals surface area contributed by atoms with Crippen LogP contribution in [0.15, 0.2) is 69.9 Å². The minimum atomic E-state index is -0.674. The fraction of sp³-hybridized carbons (Fsp3) is 0.304. The topological polar surface area (TPSA) is 111 Å². The summed E-state index contributed by atoms with van der Waals surface area (Å²) < 4.78 is 6.55. The van der Waals surface area contributed by atoms with Gasteiger partial charge in [0.25, 0.3) is 0 Å². The molecular weight excluding hydrogens is 396 g/mol. The molecule has 4 rings (SSSR count). The molecule has 0 saturated carbocycles. The number of primary amides is 1. The predicted molar refractivity (Wildman–Crippen MR) is 113 cm³/mol. The number of nitrogens with zero attached hydrogens (tertiary/aromatic N) is 3. The number of benzene rings is 2. The first-order chi connectivity index (χ1) is 15.0. The predicted octanol–water partition coefficient (Wildman–Crippen LogP) is 1.74. The number of piperidine rings is 1. The quantitative estimate of drug-likeness (QED) is 0.653. The zero-order chi connectivity index (χ0) is 21.8. The van der Waals surface area contributed by atoms with Gasteiger partial charge in [0, 0.05) is 19.0 Å². The van der Waals surface area contributed by atoms with Gasteiger partial charge in [-0.3, -0.25) is 9.59 Å². The number of hydrogen-bond acceptors (Lipinski definition) is 5. The van der Waals surface area contributed by atoms with Gasteiger partial charge in [-0.15, -0.1) is 5.10 Å². The van der Waals surface area contributed by atoms with Crippen LogP contribution in [0.5, 0.6) is 0 Å². The fourth-order valence-corrected chi connectivity index (χ4v) is 3.95. The van der Waals surface area contributed by atoms with Gasteiger partial charge in [0.05, 0.1) is 5.92 Å². The lowest BCUT2D eigenvalue weighted by Crippen LogP contribution is -2.43. The van der Waals surface area contributed by atoms with Crippen LogP contribution in [-0.2, 0) is 16.1 Å². The lowest BCUT2D eigenvalue weighted by Gasteiger charge is -2.30. The van der Waals surface area contributed by atoms with E-state index in [2.05, 4.69) is 5.10 Å². The van der Waals surface area contributed by atoms with E-state index in [0.29, 0.717) is 25.9 Å². The maximum atomic E-state index is 12.7. The van der Waals surface area contributed by atoms with Gasteiger partial charge in [-0.25, -0.2) is 4.79 Å². The van der Waals surface area contributed by atoms with Crippen LogP contribution in [0.1, 0.15) is 35.8 Å². The Morgan fingerprint density at radius 3 is 2.06 bits per heavy atom. The van der Waals surface area contributed by atoms with Crippen molar-refractivity contribution < 1.29 is 14.0 Å². The molecule has 1 aromatic heterocycles. The standard InChI is InChI=1S/C23H24N4O4/c24-21(29)18-11-13-26(14-12-18)19(28)15-27-23(30)31-22(25-27)20(16-7-3-1-4-8-16)17-9-5-2-6-10-17/h1-10,18,20H,11-15H2,(H2,24,29). The van der Waals surface area contributed by atoms with Crippen molar-refractivity contribution in [2.45, 2.75) is 25.3 Å². The van der Waals surface area contributed by atoms with Crippen LogP contribution in [0.25, 0.3) is 0 Å². The third-order valence-electron chi connectivity index (χ3n) is 5.67. The lowest BCUT2D eigenvalue weighted by atomic mass is 9.91. The van der Waals surface area contributed by atoms with Gasteiger partial charge in [0.1, 0.15) is 6.54 Å². The Bertz CT molecular complexity index is 1060. The number of amides is 2. The SMILES string of the molecule is NC(=O)C1CCN(C(=O)Cn2nc(C(c3ccccc3)c3ccccc3)oc2=O)CC1. The van der Waals surface area contributed by atoms with E-state index in [-0.39, 0.29) is 36.1 Å². The Morgan fingerprint density at radius 2 is 1.55 bits per heavy atom. The number of hydrogen-bond donors (Lipinski definition) is 1. The van der Waals surface area contributed by atoms with Gasteiger partial charge >= 0.3 is 5.76 Å². The van der Waals surface area contributed by atoms with E-state index in [0.717, 1.165) is 15.8 Å². The Morgan fingerprint density at radius 1 is 1.00 bits per heavy atom. The molecule has 0 radical (unpaired) electrons. The minimum absolute atomic E-state index is 0.206. The van der Waals surface area contributed by atoms with Crippen LogP contribution in [0.4, 0.5) is 0 Å². The molecule has 2 amide bonds. The highest BCUT2D eigenvalue weighted by atomic mass is 16.4. The molecule has 31 heavy (non-hydrogen) atoms. The summed E-state index contributed by atoms with van der Waals surface area (Å²) in [6, 6.07) is 19.3. The van der Waals surface area contributed by atoms with E-state index in [1.165, 1.54) is 0 Å². The van der Waals surface area contributed by atoms with Crippen molar-refractivity contribution in [3.05, 3.63) is 88.2 Å². The van der Waals surface area contributed by atoms with Crippen molar-refractivity contribution in [2.75, 3.05) is 13.1 Å². The summed E-state index contributed by atoms with van der Waals surface area (Å²) >= 11 is 0. The van der Waals surface area contributed by atoms with Crippen LogP contribution in [0.2, 0.25) is 0 Å². The molecule has 2 N–H and O–H groups in total. The molecule has 0 atom stereocenters. The molecule has 2 heterocycles. The molecule has 1 aliphatic rings. The largest absolute Gasteiger partial charge is 0.437 e. The smallest absolute Gasteiger partial charge is 0.391 e. The molecule has 1 aliphatic heterocycles. The van der Waals surface area contributed by atoms with E-state index < -0.39 is 5.76 Å². The van der Waals surface area contributed by atoms with Crippen molar-refractivity contribution in [3.8, 4) is 0 Å². The normalized spacial score (nSPS) is 14.7. The first-order valence-corrected chi connectivity index (χ1v) is 10.3. The maximum absolute atomic E-state index is 12.7. The van der Waals surface area contributed by atoms with Crippen LogP contribution in [0.3, 0.4) is 0 Å². The number of nitrogens with two attached hydrogens (primary N) is 1. The Balaban J connectivity index is 1.55. The number of likely N-dealkylation sites (tertiary alicyclic amines) is 1. The second-order valence-corrected chi connectivity index (χ2v) is 7.68. The van der Waals surface area contributed by atoms with E-state index in [4.69, 9.17) is 10.2 Å². The highest BCUT2D eigenvalue weighted by Gasteiger charge is 2.28. The van der Waals surface area contributed by atoms with E-state index in [1.54, 1.807) is 4.90 Å². The molecule has 8 heteroatoms. The maximum Gasteiger partial charge on any atom is 0.437 e. The molecule has 0 aliphatic carbocycles. The first-order valence-electron chi connectivity index (χ1n) is 10.3. The molecule has 0 unspecified atom stereocenters. The average molecular weight is 420 g/mol. The van der Waals surface area contributed by atoms with Crippen LogP contribution in [0, 0.1) is 5.92 Å². The molecule has 160 valence electrons. The minimum Gasteiger partial charge on any atom is -0.391 e. The monoisotopic (exact) mass is 420 g/mol. The van der Waals surface area contributed by atoms with Crippen molar-refractivity contribution in [3.63, 3.8) is 0 Å². The zero-order valence-electron chi connectivity index (χ0n) is 17.0. The third-order valence-corrected chi connectivity index (χ3v) is 5.67. The average Bonchev–Trinajstić information content (AvgIpc) is 3.15. The summed E-state index contributed by atoms with van der Waals surface area (Å²) in [5.74, 6) is -1.58. The molecule has 3 aromatic rings. The third kappa shape index (κ3) is 4.58. The van der Waals surface area contributed by atoms with Crippen molar-refractivity contribution >= 4 is 11.8 Å². The van der Waals surface area contributed by atoms with E-state index >= 15 is 0 Å². The molecule has 0 spiro atoms. The number of carbonyl (C=O) groups excluding carboxylic acids is 2. The van der Waals surface area contributed by atoms with E-state index in [9.17, 15) is 14.4 Å². The molecule has 2 aromatic carbocycles. The van der Waals surface area contributed by atoms with Gasteiger partial charge < -0.3 is 15.1 Å². The highest BCUT2D eigenvalue weighted by Crippen LogP contribution is 2.30. The summed E-state index contributed by atoms with van der Waals surface area (Å²) in [6.45, 7) is 0.658. The first kappa shape index (κ1) is 20.6. The summed E-state index contributed by atoms with van der Waals surface area (Å²) in [7, 11) is 0. The van der Waals surface area contributed by atoms with Crippen LogP contribution >= 0.6 is 0 Å². The summed E-state index contributed by atoms with van der Waals surface area (Å²) in [5, 5.41) is 4.36. The highest BCUT2D eigenvalue weighted by molar-refractivity contribution is 5.78. The second-order valence-electron chi connectivity index (χ2n) is 7.68. The zero-order valence-corrected chi connectivity index (χ0v) is 17.0. The number of carbonyl (C=O) groups is 2. The molecule has 1 fully saturated rings. The molecule has 8 nitrogen and oxygen atoms in total. The summed E-state index contributed by atoms with van der Waals surface area (Å²) in [5.41, 5.74) is 7.21. The van der Waals surface area contributed by atoms with Gasteiger partial charge in [0.15, 0.2) is 0 Å². The molecule has 1 saturated heterocycles. The summed E-state index contributed by atoms with van der Waals surface area (Å²) in [4.78, 5) is 38.1. The number of rotatable bonds is 6. The van der Waals surface area contributed by atoms with Crippen LogP contribution < -0.4 is 11.5 Å². The van der Waals surface area contributed by atoms with Crippen molar-refractivity contribution in [1.29, 1.82) is 0 Å². The van der Waals surface area contributed by atoms with Gasteiger partial charge in [-0.2, -0.15) is 4.68 Å². The van der Waals surface area contributed by atoms with Gasteiger partial charge in [0.2, 0.25) is 17.7 Å². The summed E-state index contributed by atoms with van der Waals surface area (Å²) in [6.07, 6.45) is 1.06. The number of aromatic nitrogens is 2. The second kappa shape index (κ2) is 8.99. The Kier molecular flexibility index (Phi) is 5.97. The van der Waals surface area contributed by atoms with Crippen molar-refractivity contribution in [2.24, 2.45) is 11.7 Å². The van der Waals surface area contributed by atoms with Gasteiger partial charge in [-0.1, -0.05) is 60.7 Å². The lowest BCUT2D eigenvalue weighted by molar-refractivity contribution is -0.135. The van der Waals surface area contributed by atoms with Crippen molar-refractivity contribution in [1.82, 2.24) is 14.7 Å². The Hall–Kier alpha value is -3.68. The van der Waals surface area contributed by atoms with Crippen LogP contribution in [-0.4, -0.2) is 39.6 Å². The molecular formula is C23H24N4O4.